The fraction of sp³-hybridized carbons (Fsp3) is 0.286. The Hall–Kier alpha value is -2.95. The monoisotopic (exact) mass is 347 g/mol. The van der Waals surface area contributed by atoms with Crippen molar-refractivity contribution in [2.45, 2.75) is 39.2 Å². The first-order chi connectivity index (χ1) is 12.6. The second kappa shape index (κ2) is 6.75. The van der Waals surface area contributed by atoms with Crippen molar-refractivity contribution in [3.8, 4) is 11.4 Å². The lowest BCUT2D eigenvalue weighted by Crippen LogP contribution is -2.35. The van der Waals surface area contributed by atoms with Gasteiger partial charge in [-0.25, -0.2) is 0 Å². The lowest BCUT2D eigenvalue weighted by Gasteiger charge is -2.22. The first-order valence-electron chi connectivity index (χ1n) is 8.91. The highest BCUT2D eigenvalue weighted by molar-refractivity contribution is 5.96. The summed E-state index contributed by atoms with van der Waals surface area (Å²) >= 11 is 0. The predicted octanol–water partition coefficient (Wildman–Crippen LogP) is 3.96. The quantitative estimate of drug-likeness (QED) is 0.717. The summed E-state index contributed by atoms with van der Waals surface area (Å²) in [4.78, 5) is 19.1. The zero-order valence-corrected chi connectivity index (χ0v) is 15.0. The van der Waals surface area contributed by atoms with Crippen LogP contribution in [-0.2, 0) is 17.6 Å². The van der Waals surface area contributed by atoms with Crippen LogP contribution in [0.3, 0.4) is 0 Å². The van der Waals surface area contributed by atoms with Crippen molar-refractivity contribution in [1.29, 1.82) is 0 Å². The molecule has 0 spiro atoms. The molecule has 0 N–H and O–H groups in total. The molecule has 1 atom stereocenters. The molecule has 0 saturated heterocycles. The molecule has 0 aliphatic carbocycles. The maximum Gasteiger partial charge on any atom is 0.227 e. The summed E-state index contributed by atoms with van der Waals surface area (Å²) in [6, 6.07) is 16.3. The zero-order chi connectivity index (χ0) is 18.1. The number of carbonyl (C=O) groups excluding carboxylic acids is 1. The second-order valence-electron chi connectivity index (χ2n) is 6.82. The summed E-state index contributed by atoms with van der Waals surface area (Å²) in [5, 5.41) is 4.03. The Balaban J connectivity index is 1.43. The van der Waals surface area contributed by atoms with E-state index in [9.17, 15) is 4.79 Å². The molecule has 0 bridgehead atoms. The molecule has 5 nitrogen and oxygen atoms in total. The van der Waals surface area contributed by atoms with Gasteiger partial charge in [0.2, 0.25) is 17.6 Å². The van der Waals surface area contributed by atoms with Gasteiger partial charge in [0.25, 0.3) is 0 Å². The summed E-state index contributed by atoms with van der Waals surface area (Å²) in [6.07, 6.45) is 1.71. The minimum absolute atomic E-state index is 0.0949. The average Bonchev–Trinajstić information content (AvgIpc) is 3.24. The maximum atomic E-state index is 12.7. The van der Waals surface area contributed by atoms with Crippen LogP contribution in [0.25, 0.3) is 11.4 Å². The molecule has 2 heterocycles. The van der Waals surface area contributed by atoms with Crippen molar-refractivity contribution in [3.63, 3.8) is 0 Å². The molecule has 4 rings (SSSR count). The van der Waals surface area contributed by atoms with Crippen molar-refractivity contribution in [3.05, 3.63) is 65.5 Å². The summed E-state index contributed by atoms with van der Waals surface area (Å²) in [7, 11) is 0. The van der Waals surface area contributed by atoms with Gasteiger partial charge in [0.15, 0.2) is 0 Å². The standard InChI is InChI=1S/C21H21N3O2/c1-14-7-9-16(10-8-14)21-22-19(26-23-21)11-12-20(25)24-15(2)13-17-5-3-4-6-18(17)24/h3-10,15H,11-13H2,1-2H3. The molecule has 26 heavy (non-hydrogen) atoms. The molecule has 3 aromatic rings. The number of fused-ring (bicyclic) bond motifs is 1. The number of para-hydroxylation sites is 1. The molecule has 0 saturated carbocycles. The van der Waals surface area contributed by atoms with E-state index in [1.807, 2.05) is 54.3 Å². The second-order valence-corrected chi connectivity index (χ2v) is 6.82. The third-order valence-electron chi connectivity index (χ3n) is 4.81. The van der Waals surface area contributed by atoms with Crippen molar-refractivity contribution >= 4 is 11.6 Å². The highest BCUT2D eigenvalue weighted by atomic mass is 16.5. The Morgan fingerprint density at radius 1 is 1.19 bits per heavy atom. The molecule has 0 fully saturated rings. The number of amides is 1. The van der Waals surface area contributed by atoms with E-state index in [2.05, 4.69) is 23.1 Å². The van der Waals surface area contributed by atoms with Crippen LogP contribution < -0.4 is 4.90 Å². The maximum absolute atomic E-state index is 12.7. The lowest BCUT2D eigenvalue weighted by atomic mass is 10.1. The molecule has 1 amide bonds. The Bertz CT molecular complexity index is 930. The number of aryl methyl sites for hydroxylation is 2. The number of aromatic nitrogens is 2. The minimum atomic E-state index is 0.0949. The summed E-state index contributed by atoms with van der Waals surface area (Å²) in [5.74, 6) is 1.15. The van der Waals surface area contributed by atoms with Gasteiger partial charge >= 0.3 is 0 Å². The zero-order valence-electron chi connectivity index (χ0n) is 15.0. The third-order valence-corrected chi connectivity index (χ3v) is 4.81. The summed E-state index contributed by atoms with van der Waals surface area (Å²) in [6.45, 7) is 4.12. The third kappa shape index (κ3) is 3.12. The Labute approximate surface area is 152 Å². The van der Waals surface area contributed by atoms with Crippen LogP contribution in [0.5, 0.6) is 0 Å². The minimum Gasteiger partial charge on any atom is -0.339 e. The van der Waals surface area contributed by atoms with Crippen LogP contribution in [0.1, 0.15) is 30.4 Å². The van der Waals surface area contributed by atoms with Crippen LogP contribution >= 0.6 is 0 Å². The van der Waals surface area contributed by atoms with Crippen LogP contribution in [0.4, 0.5) is 5.69 Å². The van der Waals surface area contributed by atoms with Gasteiger partial charge in [0.05, 0.1) is 0 Å². The van der Waals surface area contributed by atoms with Crippen molar-refractivity contribution in [2.24, 2.45) is 0 Å². The van der Waals surface area contributed by atoms with E-state index >= 15 is 0 Å². The lowest BCUT2D eigenvalue weighted by molar-refractivity contribution is -0.118. The largest absolute Gasteiger partial charge is 0.339 e. The predicted molar refractivity (Wildman–Crippen MR) is 99.9 cm³/mol. The van der Waals surface area contributed by atoms with Crippen LogP contribution in [0, 0.1) is 6.92 Å². The number of hydrogen-bond donors (Lipinski definition) is 0. The fourth-order valence-corrected chi connectivity index (χ4v) is 3.46. The fourth-order valence-electron chi connectivity index (χ4n) is 3.46. The molecule has 132 valence electrons. The Morgan fingerprint density at radius 3 is 2.77 bits per heavy atom. The normalized spacial score (nSPS) is 15.9. The molecule has 1 aliphatic heterocycles. The van der Waals surface area contributed by atoms with Gasteiger partial charge in [0.1, 0.15) is 0 Å². The number of rotatable bonds is 4. The van der Waals surface area contributed by atoms with Crippen molar-refractivity contribution < 1.29 is 9.32 Å². The van der Waals surface area contributed by atoms with Crippen LogP contribution in [0.15, 0.2) is 53.1 Å². The summed E-state index contributed by atoms with van der Waals surface area (Å²) in [5.41, 5.74) is 4.35. The van der Waals surface area contributed by atoms with Crippen molar-refractivity contribution in [2.75, 3.05) is 4.90 Å². The van der Waals surface area contributed by atoms with Gasteiger partial charge in [-0.3, -0.25) is 4.79 Å². The number of anilines is 1. The van der Waals surface area contributed by atoms with E-state index < -0.39 is 0 Å². The highest BCUT2D eigenvalue weighted by Crippen LogP contribution is 2.32. The van der Waals surface area contributed by atoms with Gasteiger partial charge in [-0.15, -0.1) is 0 Å². The SMILES string of the molecule is Cc1ccc(-c2noc(CCC(=O)N3c4ccccc4CC3C)n2)cc1. The van der Waals surface area contributed by atoms with E-state index in [1.54, 1.807) is 0 Å². The number of carbonyl (C=O) groups is 1. The number of hydrogen-bond acceptors (Lipinski definition) is 4. The van der Waals surface area contributed by atoms with Gasteiger partial charge in [-0.2, -0.15) is 4.98 Å². The Kier molecular flexibility index (Phi) is 4.29. The smallest absolute Gasteiger partial charge is 0.227 e. The number of nitrogens with zero attached hydrogens (tertiary/aromatic N) is 3. The van der Waals surface area contributed by atoms with E-state index in [4.69, 9.17) is 4.52 Å². The average molecular weight is 347 g/mol. The molecular formula is C21H21N3O2. The topological polar surface area (TPSA) is 59.2 Å². The van der Waals surface area contributed by atoms with Gasteiger partial charge in [-0.05, 0) is 31.9 Å². The molecule has 0 radical (unpaired) electrons. The van der Waals surface area contributed by atoms with E-state index in [1.165, 1.54) is 11.1 Å². The van der Waals surface area contributed by atoms with Crippen molar-refractivity contribution in [1.82, 2.24) is 10.1 Å². The number of benzene rings is 2. The first kappa shape index (κ1) is 16.5. The van der Waals surface area contributed by atoms with Gasteiger partial charge in [-0.1, -0.05) is 53.2 Å². The van der Waals surface area contributed by atoms with E-state index in [0.717, 1.165) is 17.7 Å². The van der Waals surface area contributed by atoms with Crippen LogP contribution in [-0.4, -0.2) is 22.1 Å². The molecule has 2 aromatic carbocycles. The highest BCUT2D eigenvalue weighted by Gasteiger charge is 2.30. The van der Waals surface area contributed by atoms with Gasteiger partial charge in [0, 0.05) is 30.1 Å². The first-order valence-corrected chi connectivity index (χ1v) is 8.91. The molecule has 1 aliphatic rings. The summed E-state index contributed by atoms with van der Waals surface area (Å²) < 4.78 is 5.33. The molecule has 5 heteroatoms. The van der Waals surface area contributed by atoms with E-state index in [-0.39, 0.29) is 11.9 Å². The molecule has 1 aromatic heterocycles. The Morgan fingerprint density at radius 2 is 1.96 bits per heavy atom. The van der Waals surface area contributed by atoms with Gasteiger partial charge < -0.3 is 9.42 Å². The molecule has 1 unspecified atom stereocenters. The molecular weight excluding hydrogens is 326 g/mol. The van der Waals surface area contributed by atoms with E-state index in [0.29, 0.717) is 24.6 Å². The van der Waals surface area contributed by atoms with Crippen LogP contribution in [0.2, 0.25) is 0 Å².